The Labute approximate surface area is 125 Å². The summed E-state index contributed by atoms with van der Waals surface area (Å²) in [6.07, 6.45) is 3.02. The maximum absolute atomic E-state index is 12.2. The zero-order valence-electron chi connectivity index (χ0n) is 12.5. The first-order chi connectivity index (χ1) is 10.2. The van der Waals surface area contributed by atoms with E-state index in [-0.39, 0.29) is 5.97 Å². The molecule has 1 saturated heterocycles. The lowest BCUT2D eigenvalue weighted by molar-refractivity contribution is -0.200. The van der Waals surface area contributed by atoms with Crippen molar-refractivity contribution in [3.8, 4) is 0 Å². The maximum Gasteiger partial charge on any atom is 0.306 e. The third kappa shape index (κ3) is 2.36. The van der Waals surface area contributed by atoms with Crippen molar-refractivity contribution >= 4 is 5.97 Å². The van der Waals surface area contributed by atoms with Crippen LogP contribution in [0.1, 0.15) is 38.2 Å². The van der Waals surface area contributed by atoms with E-state index in [9.17, 15) is 4.79 Å². The van der Waals surface area contributed by atoms with E-state index < -0.39 is 11.2 Å². The smallest absolute Gasteiger partial charge is 0.306 e. The highest BCUT2D eigenvalue weighted by Crippen LogP contribution is 2.55. The molecule has 1 aromatic rings. The molecule has 0 N–H and O–H groups in total. The summed E-state index contributed by atoms with van der Waals surface area (Å²) in [5.74, 6) is -0.845. The van der Waals surface area contributed by atoms with Gasteiger partial charge in [0.1, 0.15) is 0 Å². The molecule has 1 unspecified atom stereocenters. The summed E-state index contributed by atoms with van der Waals surface area (Å²) in [5.41, 5.74) is 0.675. The Morgan fingerprint density at radius 3 is 2.57 bits per heavy atom. The zero-order chi connectivity index (χ0) is 14.8. The lowest BCUT2D eigenvalue weighted by Gasteiger charge is -2.41. The molecule has 1 spiro atoms. The highest BCUT2D eigenvalue weighted by molar-refractivity contribution is 5.72. The third-order valence-corrected chi connectivity index (χ3v) is 4.67. The fourth-order valence-electron chi connectivity index (χ4n) is 3.83. The molecule has 0 radical (unpaired) electrons. The van der Waals surface area contributed by atoms with Crippen molar-refractivity contribution in [3.05, 3.63) is 35.9 Å². The molecule has 1 aromatic carbocycles. The fraction of sp³-hybridized carbons (Fsp3) is 0.588. The second-order valence-electron chi connectivity index (χ2n) is 5.73. The molecule has 2 fully saturated rings. The van der Waals surface area contributed by atoms with E-state index in [1.54, 1.807) is 0 Å². The van der Waals surface area contributed by atoms with Gasteiger partial charge in [0.25, 0.3) is 0 Å². The maximum atomic E-state index is 12.2. The highest BCUT2D eigenvalue weighted by atomic mass is 16.7. The van der Waals surface area contributed by atoms with Crippen LogP contribution in [0.4, 0.5) is 0 Å². The first-order valence-corrected chi connectivity index (χ1v) is 7.71. The van der Waals surface area contributed by atoms with Gasteiger partial charge in [-0.05, 0) is 25.3 Å². The molecule has 1 heterocycles. The summed E-state index contributed by atoms with van der Waals surface area (Å²) in [7, 11) is 0. The number of carbonyl (C=O) groups is 1. The minimum atomic E-state index is -0.666. The lowest BCUT2D eigenvalue weighted by atomic mass is 9.72. The molecule has 1 saturated carbocycles. The Hall–Kier alpha value is -1.39. The van der Waals surface area contributed by atoms with Crippen molar-refractivity contribution in [2.45, 2.75) is 43.8 Å². The van der Waals surface area contributed by atoms with Gasteiger partial charge >= 0.3 is 5.97 Å². The van der Waals surface area contributed by atoms with Crippen molar-refractivity contribution in [2.24, 2.45) is 0 Å². The van der Waals surface area contributed by atoms with Crippen LogP contribution in [0, 0.1) is 0 Å². The molecule has 0 bridgehead atoms. The molecular formula is C17H22O4. The largest absolute Gasteiger partial charge is 0.466 e. The number of rotatable bonds is 4. The van der Waals surface area contributed by atoms with Crippen LogP contribution >= 0.6 is 0 Å². The first-order valence-electron chi connectivity index (χ1n) is 7.71. The van der Waals surface area contributed by atoms with Gasteiger partial charge in [0.2, 0.25) is 0 Å². The molecule has 2 aliphatic rings. The van der Waals surface area contributed by atoms with Crippen LogP contribution in [0.15, 0.2) is 30.3 Å². The Balaban J connectivity index is 2.00. The predicted octanol–water partition coefficient (Wildman–Crippen LogP) is 2.80. The molecule has 3 rings (SSSR count). The van der Waals surface area contributed by atoms with E-state index >= 15 is 0 Å². The van der Waals surface area contributed by atoms with Gasteiger partial charge in [0.15, 0.2) is 5.79 Å². The van der Waals surface area contributed by atoms with Gasteiger partial charge < -0.3 is 14.2 Å². The van der Waals surface area contributed by atoms with Gasteiger partial charge in [-0.2, -0.15) is 0 Å². The van der Waals surface area contributed by atoms with Gasteiger partial charge in [0.05, 0.1) is 31.7 Å². The van der Waals surface area contributed by atoms with E-state index in [1.165, 1.54) is 0 Å². The Morgan fingerprint density at radius 1 is 1.19 bits per heavy atom. The topological polar surface area (TPSA) is 44.8 Å². The Kier molecular flexibility index (Phi) is 4.00. The Morgan fingerprint density at radius 2 is 1.90 bits per heavy atom. The van der Waals surface area contributed by atoms with Crippen LogP contribution in [0.5, 0.6) is 0 Å². The van der Waals surface area contributed by atoms with E-state index in [1.807, 2.05) is 25.1 Å². The molecule has 0 aromatic heterocycles. The van der Waals surface area contributed by atoms with Crippen LogP contribution in [0.25, 0.3) is 0 Å². The van der Waals surface area contributed by atoms with Crippen LogP contribution < -0.4 is 0 Å². The molecule has 1 aliphatic carbocycles. The molecular weight excluding hydrogens is 268 g/mol. The quantitative estimate of drug-likeness (QED) is 0.800. The molecule has 114 valence electrons. The number of ether oxygens (including phenoxy) is 3. The summed E-state index contributed by atoms with van der Waals surface area (Å²) in [6, 6.07) is 10.1. The first kappa shape index (κ1) is 14.5. The van der Waals surface area contributed by atoms with Gasteiger partial charge in [-0.25, -0.2) is 0 Å². The van der Waals surface area contributed by atoms with Crippen LogP contribution in [0.2, 0.25) is 0 Å². The molecule has 21 heavy (non-hydrogen) atoms. The van der Waals surface area contributed by atoms with Gasteiger partial charge in [-0.15, -0.1) is 0 Å². The zero-order valence-corrected chi connectivity index (χ0v) is 12.5. The van der Waals surface area contributed by atoms with Gasteiger partial charge in [-0.3, -0.25) is 4.79 Å². The fourth-order valence-corrected chi connectivity index (χ4v) is 3.83. The number of benzene rings is 1. The van der Waals surface area contributed by atoms with Crippen molar-refractivity contribution in [3.63, 3.8) is 0 Å². The van der Waals surface area contributed by atoms with Gasteiger partial charge in [-0.1, -0.05) is 30.3 Å². The molecule has 1 aliphatic heterocycles. The van der Waals surface area contributed by atoms with Crippen LogP contribution in [-0.4, -0.2) is 31.6 Å². The minimum absolute atomic E-state index is 0.179. The standard InChI is InChI=1S/C17H22O4/c1-2-19-15(18)13-16(14-7-4-3-5-8-14)9-6-10-17(16)20-11-12-21-17/h3-5,7-8H,2,6,9-13H2,1H3. The highest BCUT2D eigenvalue weighted by Gasteiger charge is 2.60. The summed E-state index contributed by atoms with van der Waals surface area (Å²) >= 11 is 0. The summed E-state index contributed by atoms with van der Waals surface area (Å²) in [4.78, 5) is 12.2. The van der Waals surface area contributed by atoms with E-state index in [2.05, 4.69) is 12.1 Å². The third-order valence-electron chi connectivity index (χ3n) is 4.67. The summed E-state index contributed by atoms with van der Waals surface area (Å²) in [5, 5.41) is 0. The molecule has 0 amide bonds. The van der Waals surface area contributed by atoms with Gasteiger partial charge in [0, 0.05) is 6.42 Å². The van der Waals surface area contributed by atoms with Crippen molar-refractivity contribution < 1.29 is 19.0 Å². The Bertz CT molecular complexity index is 487. The number of hydrogen-bond donors (Lipinski definition) is 0. The minimum Gasteiger partial charge on any atom is -0.466 e. The van der Waals surface area contributed by atoms with Crippen molar-refractivity contribution in [1.82, 2.24) is 0 Å². The molecule has 4 heteroatoms. The molecule has 1 atom stereocenters. The number of carbonyl (C=O) groups excluding carboxylic acids is 1. The normalized spacial score (nSPS) is 27.1. The molecule has 4 nitrogen and oxygen atoms in total. The van der Waals surface area contributed by atoms with E-state index in [0.717, 1.165) is 24.8 Å². The predicted molar refractivity (Wildman–Crippen MR) is 77.9 cm³/mol. The summed E-state index contributed by atoms with van der Waals surface area (Å²) < 4.78 is 17.2. The van der Waals surface area contributed by atoms with Crippen molar-refractivity contribution in [1.29, 1.82) is 0 Å². The second kappa shape index (κ2) is 5.78. The summed E-state index contributed by atoms with van der Waals surface area (Å²) in [6.45, 7) is 3.42. The average Bonchev–Trinajstić information content (AvgIpc) is 3.10. The van der Waals surface area contributed by atoms with E-state index in [0.29, 0.717) is 26.2 Å². The number of esters is 1. The average molecular weight is 290 g/mol. The lowest BCUT2D eigenvalue weighted by Crippen LogP contribution is -2.50. The number of hydrogen-bond acceptors (Lipinski definition) is 4. The second-order valence-corrected chi connectivity index (χ2v) is 5.73. The van der Waals surface area contributed by atoms with Crippen LogP contribution in [-0.2, 0) is 24.4 Å². The SMILES string of the molecule is CCOC(=O)CC1(c2ccccc2)CCCC12OCCO2. The van der Waals surface area contributed by atoms with E-state index in [4.69, 9.17) is 14.2 Å². The van der Waals surface area contributed by atoms with Crippen LogP contribution in [0.3, 0.4) is 0 Å². The van der Waals surface area contributed by atoms with Crippen molar-refractivity contribution in [2.75, 3.05) is 19.8 Å². The monoisotopic (exact) mass is 290 g/mol.